The highest BCUT2D eigenvalue weighted by Gasteiger charge is 2.42. The number of carbonyl (C=O) groups excluding carboxylic acids is 2. The highest BCUT2D eigenvalue weighted by molar-refractivity contribution is 7.14. The topological polar surface area (TPSA) is 83.1 Å². The molecule has 2 aromatic rings. The third-order valence-corrected chi connectivity index (χ3v) is 7.76. The molecule has 2 amide bonds. The predicted octanol–water partition coefficient (Wildman–Crippen LogP) is 5.78. The number of rotatable bonds is 9. The molecular formula is C24H28ClF3N4O2S. The van der Waals surface area contributed by atoms with Gasteiger partial charge in [0.2, 0.25) is 5.91 Å². The first-order valence-corrected chi connectivity index (χ1v) is 13.0. The molecule has 11 heteroatoms. The van der Waals surface area contributed by atoms with Crippen LogP contribution >= 0.6 is 22.9 Å². The molecule has 4 rings (SSSR count). The number of alkyl halides is 3. The third kappa shape index (κ3) is 6.88. The van der Waals surface area contributed by atoms with Gasteiger partial charge in [0.25, 0.3) is 5.91 Å². The number of nitrogens with one attached hydrogen (secondary N) is 3. The molecule has 2 atom stereocenters. The molecule has 0 aliphatic heterocycles. The second kappa shape index (κ2) is 10.7. The minimum absolute atomic E-state index is 0.0724. The van der Waals surface area contributed by atoms with E-state index >= 15 is 0 Å². The van der Waals surface area contributed by atoms with Gasteiger partial charge in [-0.2, -0.15) is 13.2 Å². The van der Waals surface area contributed by atoms with Gasteiger partial charge < -0.3 is 16.0 Å². The van der Waals surface area contributed by atoms with Crippen molar-refractivity contribution in [2.75, 3.05) is 5.32 Å². The molecule has 6 nitrogen and oxygen atoms in total. The highest BCUT2D eigenvalue weighted by atomic mass is 35.5. The van der Waals surface area contributed by atoms with Gasteiger partial charge in [0, 0.05) is 17.1 Å². The Hall–Kier alpha value is -2.33. The van der Waals surface area contributed by atoms with Crippen LogP contribution in [0.2, 0.25) is 5.02 Å². The summed E-state index contributed by atoms with van der Waals surface area (Å²) in [6.07, 6.45) is 3.38. The summed E-state index contributed by atoms with van der Waals surface area (Å²) in [5, 5.41) is 8.41. The molecule has 2 heterocycles. The average molecular weight is 529 g/mol. The van der Waals surface area contributed by atoms with Crippen LogP contribution in [0.25, 0.3) is 0 Å². The Morgan fingerprint density at radius 3 is 2.57 bits per heavy atom. The maximum Gasteiger partial charge on any atom is 0.413 e. The van der Waals surface area contributed by atoms with Crippen molar-refractivity contribution in [3.05, 3.63) is 44.9 Å². The first kappa shape index (κ1) is 25.8. The number of aryl methyl sites for hydroxylation is 1. The molecule has 0 aromatic carbocycles. The number of pyridine rings is 1. The number of thiophene rings is 1. The van der Waals surface area contributed by atoms with E-state index in [1.54, 1.807) is 6.92 Å². The lowest BCUT2D eigenvalue weighted by Crippen LogP contribution is -2.48. The molecule has 190 valence electrons. The van der Waals surface area contributed by atoms with Gasteiger partial charge in [-0.15, -0.1) is 11.3 Å². The number of halogens is 4. The summed E-state index contributed by atoms with van der Waals surface area (Å²) < 4.78 is 41.8. The molecule has 3 N–H and O–H groups in total. The Labute approximate surface area is 211 Å². The second-order valence-corrected chi connectivity index (χ2v) is 10.9. The Bertz CT molecular complexity index is 1070. The molecule has 1 unspecified atom stereocenters. The quantitative estimate of drug-likeness (QED) is 0.385. The van der Waals surface area contributed by atoms with E-state index in [2.05, 4.69) is 20.9 Å². The molecule has 35 heavy (non-hydrogen) atoms. The van der Waals surface area contributed by atoms with Crippen molar-refractivity contribution in [2.24, 2.45) is 5.92 Å². The fourth-order valence-corrected chi connectivity index (χ4v) is 5.47. The lowest BCUT2D eigenvalue weighted by Gasteiger charge is -2.22. The van der Waals surface area contributed by atoms with E-state index in [4.69, 9.17) is 11.6 Å². The third-order valence-electron chi connectivity index (χ3n) is 6.41. The van der Waals surface area contributed by atoms with Crippen LogP contribution in [0.5, 0.6) is 0 Å². The fraction of sp³-hybridized carbons (Fsp3) is 0.542. The molecule has 2 fully saturated rings. The molecule has 2 saturated carbocycles. The van der Waals surface area contributed by atoms with Gasteiger partial charge in [-0.05, 0) is 50.3 Å². The molecule has 2 aliphatic rings. The lowest BCUT2D eigenvalue weighted by atomic mass is 9.97. The number of aromatic nitrogens is 1. The van der Waals surface area contributed by atoms with Crippen LogP contribution in [0.3, 0.4) is 0 Å². The van der Waals surface area contributed by atoms with E-state index in [9.17, 15) is 22.8 Å². The van der Waals surface area contributed by atoms with Crippen LogP contribution in [-0.2, 0) is 4.79 Å². The van der Waals surface area contributed by atoms with Gasteiger partial charge in [0.15, 0.2) is 6.04 Å². The smallest absolute Gasteiger partial charge is 0.368 e. The van der Waals surface area contributed by atoms with E-state index < -0.39 is 24.2 Å². The summed E-state index contributed by atoms with van der Waals surface area (Å²) in [6.45, 7) is 1.58. The van der Waals surface area contributed by atoms with Gasteiger partial charge in [-0.3, -0.25) is 14.6 Å². The zero-order chi connectivity index (χ0) is 25.2. The van der Waals surface area contributed by atoms with Crippen LogP contribution in [0.1, 0.15) is 71.2 Å². The van der Waals surface area contributed by atoms with Crippen molar-refractivity contribution >= 4 is 40.4 Å². The number of anilines is 1. The average Bonchev–Trinajstić information content (AvgIpc) is 3.24. The van der Waals surface area contributed by atoms with Gasteiger partial charge in [-0.25, -0.2) is 0 Å². The van der Waals surface area contributed by atoms with Gasteiger partial charge in [-0.1, -0.05) is 37.3 Å². The zero-order valence-corrected chi connectivity index (χ0v) is 20.8. The van der Waals surface area contributed by atoms with Crippen LogP contribution in [0, 0.1) is 12.8 Å². The van der Waals surface area contributed by atoms with Crippen LogP contribution in [-0.4, -0.2) is 35.1 Å². The summed E-state index contributed by atoms with van der Waals surface area (Å²) in [5.74, 6) is -0.405. The van der Waals surface area contributed by atoms with E-state index in [1.165, 1.54) is 24.4 Å². The van der Waals surface area contributed by atoms with Gasteiger partial charge >= 0.3 is 6.18 Å². The Kier molecular flexibility index (Phi) is 7.90. The standard InChI is InChI=1S/C24H28ClF3N4O2S/c1-13-17(11-15(25)12-29-13)31-21(24(26,27)28)19-8-9-20(35-19)23(34)32-18(10-14-4-2-3-5-14)22(33)30-16-6-7-16/h8-9,11-12,14,16,18,21,31H,2-7,10H2,1H3,(H,30,33)(H,32,34)/t18-,21?/m0/s1. The van der Waals surface area contributed by atoms with Crippen LogP contribution in [0.15, 0.2) is 24.4 Å². The summed E-state index contributed by atoms with van der Waals surface area (Å²) in [5.41, 5.74) is 0.530. The number of hydrogen-bond donors (Lipinski definition) is 3. The summed E-state index contributed by atoms with van der Waals surface area (Å²) in [4.78, 5) is 29.8. The summed E-state index contributed by atoms with van der Waals surface area (Å²) >= 11 is 6.66. The second-order valence-electron chi connectivity index (χ2n) is 9.30. The van der Waals surface area contributed by atoms with Crippen molar-refractivity contribution in [3.63, 3.8) is 0 Å². The first-order chi connectivity index (χ1) is 16.6. The minimum atomic E-state index is -4.62. The van der Waals surface area contributed by atoms with E-state index in [0.717, 1.165) is 49.9 Å². The maximum absolute atomic E-state index is 13.9. The molecule has 2 aromatic heterocycles. The number of amides is 2. The van der Waals surface area contributed by atoms with Gasteiger partial charge in [0.05, 0.1) is 21.3 Å². The summed E-state index contributed by atoms with van der Waals surface area (Å²) in [6, 6.07) is 1.45. The predicted molar refractivity (Wildman–Crippen MR) is 130 cm³/mol. The number of hydrogen-bond acceptors (Lipinski definition) is 5. The Morgan fingerprint density at radius 2 is 1.91 bits per heavy atom. The van der Waals surface area contributed by atoms with Gasteiger partial charge in [0.1, 0.15) is 6.04 Å². The molecule has 0 spiro atoms. The van der Waals surface area contributed by atoms with Crippen molar-refractivity contribution in [2.45, 2.75) is 76.2 Å². The normalized spacial score (nSPS) is 18.2. The number of carbonyl (C=O) groups is 2. The SMILES string of the molecule is Cc1ncc(Cl)cc1NC(c1ccc(C(=O)N[C@@H](CC2CCCC2)C(=O)NC2CC2)s1)C(F)(F)F. The van der Waals surface area contributed by atoms with Crippen molar-refractivity contribution in [1.29, 1.82) is 0 Å². The van der Waals surface area contributed by atoms with Crippen molar-refractivity contribution < 1.29 is 22.8 Å². The lowest BCUT2D eigenvalue weighted by molar-refractivity contribution is -0.143. The fourth-order valence-electron chi connectivity index (χ4n) is 4.32. The molecular weight excluding hydrogens is 501 g/mol. The molecule has 2 aliphatic carbocycles. The van der Waals surface area contributed by atoms with Crippen molar-refractivity contribution in [1.82, 2.24) is 15.6 Å². The maximum atomic E-state index is 13.9. The first-order valence-electron chi connectivity index (χ1n) is 11.8. The summed E-state index contributed by atoms with van der Waals surface area (Å²) in [7, 11) is 0. The van der Waals surface area contributed by atoms with Crippen molar-refractivity contribution in [3.8, 4) is 0 Å². The minimum Gasteiger partial charge on any atom is -0.368 e. The molecule has 0 radical (unpaired) electrons. The molecule has 0 saturated heterocycles. The Balaban J connectivity index is 1.49. The monoisotopic (exact) mass is 528 g/mol. The number of nitrogens with zero attached hydrogens (tertiary/aromatic N) is 1. The highest BCUT2D eigenvalue weighted by Crippen LogP contribution is 2.39. The molecule has 0 bridgehead atoms. The van der Waals surface area contributed by atoms with E-state index in [1.807, 2.05) is 0 Å². The van der Waals surface area contributed by atoms with E-state index in [0.29, 0.717) is 18.0 Å². The van der Waals surface area contributed by atoms with Crippen LogP contribution in [0.4, 0.5) is 18.9 Å². The zero-order valence-electron chi connectivity index (χ0n) is 19.3. The Morgan fingerprint density at radius 1 is 1.20 bits per heavy atom. The van der Waals surface area contributed by atoms with E-state index in [-0.39, 0.29) is 32.4 Å². The largest absolute Gasteiger partial charge is 0.413 e. The van der Waals surface area contributed by atoms with Crippen LogP contribution < -0.4 is 16.0 Å².